The number of aromatic nitrogens is 3. The Morgan fingerprint density at radius 2 is 1.77 bits per heavy atom. The molecule has 0 amide bonds. The van der Waals surface area contributed by atoms with Crippen molar-refractivity contribution in [2.24, 2.45) is 0 Å². The lowest BCUT2D eigenvalue weighted by atomic mass is 10.2. The number of hydrogen-bond donors (Lipinski definition) is 0. The molecule has 2 aromatic heterocycles. The zero-order chi connectivity index (χ0) is 15.4. The van der Waals surface area contributed by atoms with E-state index in [2.05, 4.69) is 15.0 Å². The maximum atomic E-state index is 6.18. The Morgan fingerprint density at radius 3 is 2.50 bits per heavy atom. The summed E-state index contributed by atoms with van der Waals surface area (Å²) in [5.41, 5.74) is 2.70. The van der Waals surface area contributed by atoms with E-state index in [1.807, 2.05) is 36.4 Å². The van der Waals surface area contributed by atoms with Gasteiger partial charge in [0.25, 0.3) is 0 Å². The predicted octanol–water partition coefficient (Wildman–Crippen LogP) is 5.14. The molecule has 0 atom stereocenters. The normalized spacial score (nSPS) is 10.6. The first-order chi connectivity index (χ1) is 10.7. The highest BCUT2D eigenvalue weighted by molar-refractivity contribution is 7.98. The summed E-state index contributed by atoms with van der Waals surface area (Å²) in [5, 5.41) is 1.99. The summed E-state index contributed by atoms with van der Waals surface area (Å²) in [4.78, 5) is 12.9. The van der Waals surface area contributed by atoms with Crippen molar-refractivity contribution in [3.63, 3.8) is 0 Å². The van der Waals surface area contributed by atoms with Crippen LogP contribution in [0.15, 0.2) is 60.1 Å². The highest BCUT2D eigenvalue weighted by Crippen LogP contribution is 2.30. The van der Waals surface area contributed by atoms with Gasteiger partial charge in [0.05, 0.1) is 5.69 Å². The van der Waals surface area contributed by atoms with E-state index in [0.29, 0.717) is 21.0 Å². The third-order valence-electron chi connectivity index (χ3n) is 3.00. The van der Waals surface area contributed by atoms with Gasteiger partial charge in [0.2, 0.25) is 0 Å². The Kier molecular flexibility index (Phi) is 4.93. The minimum atomic E-state index is 0.620. The maximum absolute atomic E-state index is 6.18. The molecule has 0 bridgehead atoms. The number of thioether (sulfide) groups is 1. The van der Waals surface area contributed by atoms with Gasteiger partial charge in [-0.05, 0) is 35.9 Å². The molecule has 6 heteroatoms. The zero-order valence-corrected chi connectivity index (χ0v) is 13.7. The molecule has 3 rings (SSSR count). The average Bonchev–Trinajstić information content (AvgIpc) is 2.55. The number of nitrogens with zero attached hydrogens (tertiary/aromatic N) is 3. The third kappa shape index (κ3) is 3.58. The van der Waals surface area contributed by atoms with E-state index < -0.39 is 0 Å². The molecule has 0 aliphatic carbocycles. The van der Waals surface area contributed by atoms with Crippen molar-refractivity contribution in [3.05, 3.63) is 70.6 Å². The van der Waals surface area contributed by atoms with Crippen LogP contribution in [0.1, 0.15) is 5.56 Å². The van der Waals surface area contributed by atoms with Crippen LogP contribution < -0.4 is 0 Å². The fourth-order valence-electron chi connectivity index (χ4n) is 1.89. The SMILES string of the molecule is Clc1cccc(Cl)c1CSc1nccc(-c2cccnc2)n1. The number of benzene rings is 1. The molecule has 22 heavy (non-hydrogen) atoms. The second kappa shape index (κ2) is 7.09. The van der Waals surface area contributed by atoms with Gasteiger partial charge in [-0.15, -0.1) is 0 Å². The van der Waals surface area contributed by atoms with Gasteiger partial charge in [0.1, 0.15) is 0 Å². The Balaban J connectivity index is 1.79. The van der Waals surface area contributed by atoms with E-state index >= 15 is 0 Å². The number of pyridine rings is 1. The molecule has 0 fully saturated rings. The molecule has 0 unspecified atom stereocenters. The molecular formula is C16H11Cl2N3S. The van der Waals surface area contributed by atoms with Crippen LogP contribution in [0.5, 0.6) is 0 Å². The fourth-order valence-corrected chi connectivity index (χ4v) is 3.46. The second-order valence-electron chi connectivity index (χ2n) is 4.46. The molecule has 0 spiro atoms. The molecule has 0 aliphatic rings. The van der Waals surface area contributed by atoms with Gasteiger partial charge in [0, 0.05) is 40.0 Å². The summed E-state index contributed by atoms with van der Waals surface area (Å²) in [5.74, 6) is 0.620. The van der Waals surface area contributed by atoms with Crippen molar-refractivity contribution in [3.8, 4) is 11.3 Å². The molecule has 110 valence electrons. The van der Waals surface area contributed by atoms with Crippen LogP contribution >= 0.6 is 35.0 Å². The first-order valence-corrected chi connectivity index (χ1v) is 8.27. The summed E-state index contributed by atoms with van der Waals surface area (Å²) in [6, 6.07) is 11.2. The van der Waals surface area contributed by atoms with E-state index in [1.165, 1.54) is 11.8 Å². The van der Waals surface area contributed by atoms with Gasteiger partial charge in [-0.1, -0.05) is 41.0 Å². The van der Waals surface area contributed by atoms with Gasteiger partial charge in [-0.3, -0.25) is 4.98 Å². The maximum Gasteiger partial charge on any atom is 0.188 e. The zero-order valence-electron chi connectivity index (χ0n) is 11.4. The number of rotatable bonds is 4. The summed E-state index contributed by atoms with van der Waals surface area (Å²) < 4.78 is 0. The predicted molar refractivity (Wildman–Crippen MR) is 91.3 cm³/mol. The second-order valence-corrected chi connectivity index (χ2v) is 6.21. The standard InChI is InChI=1S/C16H11Cl2N3S/c17-13-4-1-5-14(18)12(13)10-22-16-20-8-6-15(21-16)11-3-2-7-19-9-11/h1-9H,10H2. The summed E-state index contributed by atoms with van der Waals surface area (Å²) in [6.45, 7) is 0. The molecule has 0 saturated carbocycles. The molecule has 3 aromatic rings. The van der Waals surface area contributed by atoms with Crippen molar-refractivity contribution in [2.75, 3.05) is 0 Å². The summed E-state index contributed by atoms with van der Waals surface area (Å²) >= 11 is 13.9. The lowest BCUT2D eigenvalue weighted by molar-refractivity contribution is 0.971. The lowest BCUT2D eigenvalue weighted by Gasteiger charge is -2.06. The highest BCUT2D eigenvalue weighted by atomic mass is 35.5. The van der Waals surface area contributed by atoms with Crippen molar-refractivity contribution in [1.82, 2.24) is 15.0 Å². The van der Waals surface area contributed by atoms with Crippen LogP contribution in [0.4, 0.5) is 0 Å². The van der Waals surface area contributed by atoms with Crippen molar-refractivity contribution in [1.29, 1.82) is 0 Å². The molecule has 2 heterocycles. The third-order valence-corrected chi connectivity index (χ3v) is 4.59. The van der Waals surface area contributed by atoms with Crippen LogP contribution in [0, 0.1) is 0 Å². The van der Waals surface area contributed by atoms with E-state index in [9.17, 15) is 0 Å². The average molecular weight is 348 g/mol. The minimum absolute atomic E-state index is 0.620. The van der Waals surface area contributed by atoms with E-state index in [1.54, 1.807) is 18.6 Å². The van der Waals surface area contributed by atoms with Crippen LogP contribution in [-0.4, -0.2) is 15.0 Å². The first kappa shape index (κ1) is 15.3. The largest absolute Gasteiger partial charge is 0.264 e. The topological polar surface area (TPSA) is 38.7 Å². The minimum Gasteiger partial charge on any atom is -0.264 e. The monoisotopic (exact) mass is 347 g/mol. The van der Waals surface area contributed by atoms with Gasteiger partial charge in [-0.25, -0.2) is 9.97 Å². The molecular weight excluding hydrogens is 337 g/mol. The molecule has 3 nitrogen and oxygen atoms in total. The first-order valence-electron chi connectivity index (χ1n) is 6.53. The summed E-state index contributed by atoms with van der Waals surface area (Å²) in [6.07, 6.45) is 5.26. The molecule has 0 radical (unpaired) electrons. The Labute approximate surface area is 142 Å². The summed E-state index contributed by atoms with van der Waals surface area (Å²) in [7, 11) is 0. The van der Waals surface area contributed by atoms with Crippen LogP contribution in [0.25, 0.3) is 11.3 Å². The fraction of sp³-hybridized carbons (Fsp3) is 0.0625. The number of halogens is 2. The van der Waals surface area contributed by atoms with Gasteiger partial charge < -0.3 is 0 Å². The van der Waals surface area contributed by atoms with Crippen molar-refractivity contribution >= 4 is 35.0 Å². The Morgan fingerprint density at radius 1 is 0.955 bits per heavy atom. The Bertz CT molecular complexity index is 761. The van der Waals surface area contributed by atoms with Crippen molar-refractivity contribution < 1.29 is 0 Å². The quantitative estimate of drug-likeness (QED) is 0.483. The molecule has 0 N–H and O–H groups in total. The van der Waals surface area contributed by atoms with Crippen LogP contribution in [0.3, 0.4) is 0 Å². The van der Waals surface area contributed by atoms with Crippen molar-refractivity contribution in [2.45, 2.75) is 10.9 Å². The van der Waals surface area contributed by atoms with Crippen LogP contribution in [-0.2, 0) is 5.75 Å². The van der Waals surface area contributed by atoms with Gasteiger partial charge in [-0.2, -0.15) is 0 Å². The molecule has 0 aliphatic heterocycles. The van der Waals surface area contributed by atoms with Gasteiger partial charge >= 0.3 is 0 Å². The Hall–Kier alpha value is -1.62. The van der Waals surface area contributed by atoms with E-state index in [-0.39, 0.29) is 0 Å². The van der Waals surface area contributed by atoms with E-state index in [0.717, 1.165) is 16.8 Å². The smallest absolute Gasteiger partial charge is 0.188 e. The van der Waals surface area contributed by atoms with E-state index in [4.69, 9.17) is 23.2 Å². The number of hydrogen-bond acceptors (Lipinski definition) is 4. The molecule has 1 aromatic carbocycles. The lowest BCUT2D eigenvalue weighted by Crippen LogP contribution is -1.92. The van der Waals surface area contributed by atoms with Gasteiger partial charge in [0.15, 0.2) is 5.16 Å². The molecule has 0 saturated heterocycles. The highest BCUT2D eigenvalue weighted by Gasteiger charge is 2.08. The van der Waals surface area contributed by atoms with Crippen LogP contribution in [0.2, 0.25) is 10.0 Å².